The van der Waals surface area contributed by atoms with Crippen LogP contribution in [-0.2, 0) is 4.79 Å². The van der Waals surface area contributed by atoms with Gasteiger partial charge in [-0.3, -0.25) is 9.69 Å². The molecule has 4 rings (SSSR count). The van der Waals surface area contributed by atoms with Crippen LogP contribution < -0.4 is 9.64 Å². The Balaban J connectivity index is 1.91. The summed E-state index contributed by atoms with van der Waals surface area (Å²) in [7, 11) is 1.55. The highest BCUT2D eigenvalue weighted by Crippen LogP contribution is 2.46. The number of aliphatic hydroxyl groups excluding tert-OH is 1. The van der Waals surface area contributed by atoms with Crippen molar-refractivity contribution in [1.29, 1.82) is 0 Å². The van der Waals surface area contributed by atoms with E-state index < -0.39 is 17.8 Å². The van der Waals surface area contributed by atoms with E-state index in [-0.39, 0.29) is 5.76 Å². The van der Waals surface area contributed by atoms with Gasteiger partial charge in [0.15, 0.2) is 5.76 Å². The molecule has 1 atom stereocenters. The summed E-state index contributed by atoms with van der Waals surface area (Å²) in [6.07, 6.45) is 0. The van der Waals surface area contributed by atoms with Crippen molar-refractivity contribution in [1.82, 2.24) is 0 Å². The lowest BCUT2D eigenvalue weighted by molar-refractivity contribution is -0.117. The van der Waals surface area contributed by atoms with E-state index in [1.807, 2.05) is 18.2 Å². The van der Waals surface area contributed by atoms with Crippen molar-refractivity contribution in [3.63, 3.8) is 0 Å². The maximum atomic E-state index is 14.7. The first kappa shape index (κ1) is 17.8. The van der Waals surface area contributed by atoms with E-state index in [0.717, 1.165) is 0 Å². The van der Waals surface area contributed by atoms with E-state index in [0.29, 0.717) is 28.1 Å². The second-order valence-electron chi connectivity index (χ2n) is 6.43. The SMILES string of the molecule is COc1ccc(N2C(=O)C(O)=C(c3ccccc3)[C@@H]2c2ccccc2F)cc1. The number of amides is 1. The van der Waals surface area contributed by atoms with Crippen molar-refractivity contribution in [2.24, 2.45) is 0 Å². The Hall–Kier alpha value is -3.60. The van der Waals surface area contributed by atoms with Crippen LogP contribution in [-0.4, -0.2) is 18.1 Å². The van der Waals surface area contributed by atoms with Crippen LogP contribution in [0.5, 0.6) is 5.75 Å². The Morgan fingerprint density at radius 3 is 2.21 bits per heavy atom. The Kier molecular flexibility index (Phi) is 4.57. The molecular weight excluding hydrogens is 357 g/mol. The molecule has 0 radical (unpaired) electrons. The maximum absolute atomic E-state index is 14.7. The van der Waals surface area contributed by atoms with E-state index in [1.54, 1.807) is 61.7 Å². The summed E-state index contributed by atoms with van der Waals surface area (Å²) in [5, 5.41) is 10.7. The highest BCUT2D eigenvalue weighted by atomic mass is 19.1. The van der Waals surface area contributed by atoms with Gasteiger partial charge in [-0.25, -0.2) is 4.39 Å². The van der Waals surface area contributed by atoms with E-state index >= 15 is 0 Å². The second-order valence-corrected chi connectivity index (χ2v) is 6.43. The van der Waals surface area contributed by atoms with Crippen LogP contribution in [0.4, 0.5) is 10.1 Å². The van der Waals surface area contributed by atoms with Crippen LogP contribution in [0.3, 0.4) is 0 Å². The third kappa shape index (κ3) is 2.91. The van der Waals surface area contributed by atoms with Crippen molar-refractivity contribution in [2.45, 2.75) is 6.04 Å². The van der Waals surface area contributed by atoms with Crippen molar-refractivity contribution < 1.29 is 19.0 Å². The number of carbonyl (C=O) groups is 1. The van der Waals surface area contributed by atoms with Gasteiger partial charge in [0, 0.05) is 16.8 Å². The van der Waals surface area contributed by atoms with Crippen molar-refractivity contribution in [3.8, 4) is 5.75 Å². The number of anilines is 1. The zero-order valence-corrected chi connectivity index (χ0v) is 15.2. The van der Waals surface area contributed by atoms with E-state index in [1.165, 1.54) is 11.0 Å². The fraction of sp³-hybridized carbons (Fsp3) is 0.0870. The predicted molar refractivity (Wildman–Crippen MR) is 106 cm³/mol. The third-order valence-corrected chi connectivity index (χ3v) is 4.84. The first-order valence-electron chi connectivity index (χ1n) is 8.82. The minimum absolute atomic E-state index is 0.314. The zero-order valence-electron chi connectivity index (χ0n) is 15.2. The van der Waals surface area contributed by atoms with Gasteiger partial charge in [0.05, 0.1) is 13.2 Å². The molecule has 0 spiro atoms. The molecule has 5 heteroatoms. The molecule has 4 nitrogen and oxygen atoms in total. The molecule has 0 fully saturated rings. The van der Waals surface area contributed by atoms with Gasteiger partial charge in [-0.1, -0.05) is 48.5 Å². The molecule has 1 amide bonds. The summed E-state index contributed by atoms with van der Waals surface area (Å²) in [6.45, 7) is 0. The van der Waals surface area contributed by atoms with Gasteiger partial charge >= 0.3 is 0 Å². The molecule has 1 heterocycles. The fourth-order valence-corrected chi connectivity index (χ4v) is 3.52. The number of methoxy groups -OCH3 is 1. The van der Waals surface area contributed by atoms with E-state index in [2.05, 4.69) is 0 Å². The standard InChI is InChI=1S/C23H18FNO3/c1-28-17-13-11-16(12-14-17)25-21(18-9-5-6-10-19(18)24)20(22(26)23(25)27)15-7-3-2-4-8-15/h2-14,21,26H,1H3/t21-/m0/s1. The number of hydrogen-bond acceptors (Lipinski definition) is 3. The zero-order chi connectivity index (χ0) is 19.7. The molecule has 28 heavy (non-hydrogen) atoms. The summed E-state index contributed by atoms with van der Waals surface area (Å²) in [6, 6.07) is 21.4. The number of aliphatic hydroxyl groups is 1. The molecule has 1 aliphatic rings. The number of nitrogens with zero attached hydrogens (tertiary/aromatic N) is 1. The first-order chi connectivity index (χ1) is 13.6. The number of halogens is 1. The van der Waals surface area contributed by atoms with Crippen molar-refractivity contribution in [2.75, 3.05) is 12.0 Å². The average Bonchev–Trinajstić information content (AvgIpc) is 3.00. The largest absolute Gasteiger partial charge is 0.503 e. The van der Waals surface area contributed by atoms with Gasteiger partial charge in [0.25, 0.3) is 5.91 Å². The lowest BCUT2D eigenvalue weighted by atomic mass is 9.93. The topological polar surface area (TPSA) is 49.8 Å². The predicted octanol–water partition coefficient (Wildman–Crippen LogP) is 4.89. The number of hydrogen-bond donors (Lipinski definition) is 1. The van der Waals surface area contributed by atoms with Gasteiger partial charge in [-0.15, -0.1) is 0 Å². The first-order valence-corrected chi connectivity index (χ1v) is 8.82. The van der Waals surface area contributed by atoms with Crippen molar-refractivity contribution >= 4 is 17.2 Å². The van der Waals surface area contributed by atoms with Crippen LogP contribution in [0.1, 0.15) is 17.2 Å². The minimum Gasteiger partial charge on any atom is -0.503 e. The molecule has 1 N–H and O–H groups in total. The Labute approximate surface area is 162 Å². The molecule has 0 saturated carbocycles. The average molecular weight is 375 g/mol. The summed E-state index contributed by atoms with van der Waals surface area (Å²) < 4.78 is 19.9. The minimum atomic E-state index is -0.788. The number of rotatable bonds is 4. The highest BCUT2D eigenvalue weighted by Gasteiger charge is 2.42. The molecule has 0 saturated heterocycles. The van der Waals surface area contributed by atoms with Crippen LogP contribution in [0.25, 0.3) is 5.57 Å². The van der Waals surface area contributed by atoms with E-state index in [9.17, 15) is 14.3 Å². The molecule has 0 aromatic heterocycles. The summed E-state index contributed by atoms with van der Waals surface area (Å²) in [4.78, 5) is 14.4. The Morgan fingerprint density at radius 1 is 0.929 bits per heavy atom. The molecule has 0 bridgehead atoms. The normalized spacial score (nSPS) is 16.6. The monoisotopic (exact) mass is 375 g/mol. The maximum Gasteiger partial charge on any atom is 0.294 e. The Bertz CT molecular complexity index is 1040. The van der Waals surface area contributed by atoms with Crippen LogP contribution in [0.15, 0.2) is 84.6 Å². The number of carbonyl (C=O) groups excluding carboxylic acids is 1. The van der Waals surface area contributed by atoms with Crippen LogP contribution in [0, 0.1) is 5.82 Å². The third-order valence-electron chi connectivity index (χ3n) is 4.84. The molecule has 3 aromatic carbocycles. The van der Waals surface area contributed by atoms with Gasteiger partial charge in [0.1, 0.15) is 11.6 Å². The number of ether oxygens (including phenoxy) is 1. The van der Waals surface area contributed by atoms with Crippen LogP contribution in [0.2, 0.25) is 0 Å². The van der Waals surface area contributed by atoms with Gasteiger partial charge < -0.3 is 9.84 Å². The quantitative estimate of drug-likeness (QED) is 0.706. The molecule has 1 aliphatic heterocycles. The molecule has 140 valence electrons. The lowest BCUT2D eigenvalue weighted by Crippen LogP contribution is -2.30. The second kappa shape index (κ2) is 7.19. The fourth-order valence-electron chi connectivity index (χ4n) is 3.52. The summed E-state index contributed by atoms with van der Waals surface area (Å²) >= 11 is 0. The van der Waals surface area contributed by atoms with Gasteiger partial charge in [-0.2, -0.15) is 0 Å². The van der Waals surface area contributed by atoms with E-state index in [4.69, 9.17) is 4.74 Å². The van der Waals surface area contributed by atoms with Crippen LogP contribution >= 0.6 is 0 Å². The smallest absolute Gasteiger partial charge is 0.294 e. The number of benzene rings is 3. The summed E-state index contributed by atoms with van der Waals surface area (Å²) in [5.41, 5.74) is 1.90. The Morgan fingerprint density at radius 2 is 1.57 bits per heavy atom. The molecule has 0 unspecified atom stereocenters. The van der Waals surface area contributed by atoms with Crippen molar-refractivity contribution in [3.05, 3.63) is 102 Å². The lowest BCUT2D eigenvalue weighted by Gasteiger charge is -2.27. The molecular formula is C23H18FNO3. The van der Waals surface area contributed by atoms with Gasteiger partial charge in [-0.05, 0) is 35.9 Å². The van der Waals surface area contributed by atoms with Gasteiger partial charge in [0.2, 0.25) is 0 Å². The molecule has 0 aliphatic carbocycles. The molecule has 3 aromatic rings. The summed E-state index contributed by atoms with van der Waals surface area (Å²) in [5.74, 6) is -0.757. The highest BCUT2D eigenvalue weighted by molar-refractivity contribution is 6.16.